The summed E-state index contributed by atoms with van der Waals surface area (Å²) in [5, 5.41) is 1.90. The van der Waals surface area contributed by atoms with E-state index in [4.69, 9.17) is 0 Å². The highest BCUT2D eigenvalue weighted by atomic mass is 32.1. The Morgan fingerprint density at radius 1 is 1.24 bits per heavy atom. The lowest BCUT2D eigenvalue weighted by Crippen LogP contribution is -2.49. The molecule has 1 fully saturated rings. The van der Waals surface area contributed by atoms with Crippen LogP contribution in [0.15, 0.2) is 41.8 Å². The van der Waals surface area contributed by atoms with Gasteiger partial charge >= 0.3 is 0 Å². The minimum atomic E-state index is -0.209. The van der Waals surface area contributed by atoms with E-state index < -0.39 is 0 Å². The number of likely N-dealkylation sites (N-methyl/N-ethyl adjacent to an activating group) is 1. The lowest BCUT2D eigenvalue weighted by Gasteiger charge is -2.39. The number of thiophene rings is 1. The van der Waals surface area contributed by atoms with Crippen LogP contribution in [-0.4, -0.2) is 42.4 Å². The molecule has 3 rings (SSSR count). The van der Waals surface area contributed by atoms with E-state index in [1.54, 1.807) is 12.1 Å². The predicted molar refractivity (Wildman–Crippen MR) is 82.0 cm³/mol. The van der Waals surface area contributed by atoms with Gasteiger partial charge in [-0.15, -0.1) is 11.3 Å². The predicted octanol–water partition coefficient (Wildman–Crippen LogP) is 3.02. The average Bonchev–Trinajstić information content (AvgIpc) is 3.02. The standard InChI is InChI=1S/C16H17FN2OS/c1-18-8-9-19(16(20)15-7-4-10-21-15)11-14(18)12-5-2-3-6-13(12)17/h2-7,10,14H,8-9,11H2,1H3. The Morgan fingerprint density at radius 2 is 2.05 bits per heavy atom. The molecule has 2 aromatic rings. The molecule has 5 heteroatoms. The van der Waals surface area contributed by atoms with Gasteiger partial charge in [0.1, 0.15) is 5.82 Å². The average molecular weight is 304 g/mol. The van der Waals surface area contributed by atoms with Crippen molar-refractivity contribution in [1.29, 1.82) is 0 Å². The third-order valence-corrected chi connectivity index (χ3v) is 4.79. The number of carbonyl (C=O) groups excluding carboxylic acids is 1. The van der Waals surface area contributed by atoms with Gasteiger partial charge in [-0.3, -0.25) is 9.69 Å². The van der Waals surface area contributed by atoms with E-state index in [0.29, 0.717) is 18.7 Å². The Kier molecular flexibility index (Phi) is 4.03. The van der Waals surface area contributed by atoms with E-state index in [1.165, 1.54) is 17.4 Å². The van der Waals surface area contributed by atoms with Crippen molar-refractivity contribution in [3.8, 4) is 0 Å². The number of nitrogens with zero attached hydrogens (tertiary/aromatic N) is 2. The molecule has 1 unspecified atom stereocenters. The molecule has 21 heavy (non-hydrogen) atoms. The molecule has 1 amide bonds. The lowest BCUT2D eigenvalue weighted by molar-refractivity contribution is 0.0545. The smallest absolute Gasteiger partial charge is 0.264 e. The van der Waals surface area contributed by atoms with Crippen LogP contribution in [0.2, 0.25) is 0 Å². The van der Waals surface area contributed by atoms with Crippen molar-refractivity contribution in [2.45, 2.75) is 6.04 Å². The Bertz CT molecular complexity index is 629. The van der Waals surface area contributed by atoms with E-state index in [0.717, 1.165) is 11.4 Å². The number of halogens is 1. The van der Waals surface area contributed by atoms with E-state index >= 15 is 0 Å². The fraction of sp³-hybridized carbons (Fsp3) is 0.312. The highest BCUT2D eigenvalue weighted by Gasteiger charge is 2.30. The Balaban J connectivity index is 1.82. The van der Waals surface area contributed by atoms with E-state index in [1.807, 2.05) is 35.5 Å². The van der Waals surface area contributed by atoms with Gasteiger partial charge < -0.3 is 4.90 Å². The number of rotatable bonds is 2. The van der Waals surface area contributed by atoms with Crippen LogP contribution in [-0.2, 0) is 0 Å². The molecule has 0 spiro atoms. The highest BCUT2D eigenvalue weighted by molar-refractivity contribution is 7.12. The van der Waals surface area contributed by atoms with E-state index in [-0.39, 0.29) is 17.8 Å². The summed E-state index contributed by atoms with van der Waals surface area (Å²) in [4.78, 5) is 17.1. The molecule has 3 nitrogen and oxygen atoms in total. The van der Waals surface area contributed by atoms with Gasteiger partial charge in [-0.1, -0.05) is 24.3 Å². The van der Waals surface area contributed by atoms with Crippen molar-refractivity contribution in [2.75, 3.05) is 26.7 Å². The summed E-state index contributed by atoms with van der Waals surface area (Å²) in [7, 11) is 1.98. The molecule has 0 bridgehead atoms. The van der Waals surface area contributed by atoms with Crippen molar-refractivity contribution in [1.82, 2.24) is 9.80 Å². The fourth-order valence-corrected chi connectivity index (χ4v) is 3.39. The van der Waals surface area contributed by atoms with Crippen molar-refractivity contribution in [3.63, 3.8) is 0 Å². The van der Waals surface area contributed by atoms with E-state index in [2.05, 4.69) is 4.90 Å². The Hall–Kier alpha value is -1.72. The van der Waals surface area contributed by atoms with Crippen molar-refractivity contribution < 1.29 is 9.18 Å². The van der Waals surface area contributed by atoms with Gasteiger partial charge in [0.25, 0.3) is 5.91 Å². The minimum Gasteiger partial charge on any atom is -0.335 e. The Morgan fingerprint density at radius 3 is 2.76 bits per heavy atom. The zero-order chi connectivity index (χ0) is 14.8. The van der Waals surface area contributed by atoms with Gasteiger partial charge in [0.2, 0.25) is 0 Å². The molecule has 0 radical (unpaired) electrons. The van der Waals surface area contributed by atoms with Crippen LogP contribution >= 0.6 is 11.3 Å². The number of piperazine rings is 1. The summed E-state index contributed by atoms with van der Waals surface area (Å²) in [6, 6.07) is 10.4. The summed E-state index contributed by atoms with van der Waals surface area (Å²) in [5.41, 5.74) is 0.656. The maximum atomic E-state index is 14.0. The lowest BCUT2D eigenvalue weighted by atomic mass is 10.0. The summed E-state index contributed by atoms with van der Waals surface area (Å²) in [6.07, 6.45) is 0. The Labute approximate surface area is 127 Å². The highest BCUT2D eigenvalue weighted by Crippen LogP contribution is 2.27. The third-order valence-electron chi connectivity index (χ3n) is 3.93. The first-order chi connectivity index (χ1) is 10.2. The molecule has 1 aromatic carbocycles. The van der Waals surface area contributed by atoms with E-state index in [9.17, 15) is 9.18 Å². The number of amides is 1. The molecule has 1 aromatic heterocycles. The third kappa shape index (κ3) is 2.84. The minimum absolute atomic E-state index is 0.0411. The molecule has 0 N–H and O–H groups in total. The van der Waals surface area contributed by atoms with Gasteiger partial charge in [0.15, 0.2) is 0 Å². The first-order valence-corrected chi connectivity index (χ1v) is 7.82. The first-order valence-electron chi connectivity index (χ1n) is 6.94. The monoisotopic (exact) mass is 304 g/mol. The maximum absolute atomic E-state index is 14.0. The molecule has 0 aliphatic carbocycles. The molecule has 2 heterocycles. The quantitative estimate of drug-likeness (QED) is 0.851. The largest absolute Gasteiger partial charge is 0.335 e. The van der Waals surface area contributed by atoms with Crippen LogP contribution in [0.1, 0.15) is 21.3 Å². The van der Waals surface area contributed by atoms with Crippen LogP contribution in [0.5, 0.6) is 0 Å². The van der Waals surface area contributed by atoms with Crippen LogP contribution in [0, 0.1) is 5.82 Å². The SMILES string of the molecule is CN1CCN(C(=O)c2cccs2)CC1c1ccccc1F. The van der Waals surface area contributed by atoms with Crippen molar-refractivity contribution in [2.24, 2.45) is 0 Å². The van der Waals surface area contributed by atoms with Gasteiger partial charge in [-0.25, -0.2) is 4.39 Å². The molecular formula is C16H17FN2OS. The first kappa shape index (κ1) is 14.2. The molecule has 0 saturated carbocycles. The summed E-state index contributed by atoms with van der Waals surface area (Å²) in [5.74, 6) is -0.167. The normalized spacial score (nSPS) is 19.7. The number of carbonyl (C=O) groups is 1. The molecule has 1 aliphatic rings. The fourth-order valence-electron chi connectivity index (χ4n) is 2.70. The zero-order valence-corrected chi connectivity index (χ0v) is 12.6. The molecule has 110 valence electrons. The second-order valence-electron chi connectivity index (χ2n) is 5.25. The molecule has 1 saturated heterocycles. The molecular weight excluding hydrogens is 287 g/mol. The number of hydrogen-bond acceptors (Lipinski definition) is 3. The van der Waals surface area contributed by atoms with Gasteiger partial charge in [0.05, 0.1) is 10.9 Å². The summed E-state index contributed by atoms with van der Waals surface area (Å²) >= 11 is 1.45. The maximum Gasteiger partial charge on any atom is 0.264 e. The summed E-state index contributed by atoms with van der Waals surface area (Å²) < 4.78 is 14.0. The van der Waals surface area contributed by atoms with Gasteiger partial charge in [-0.2, -0.15) is 0 Å². The molecule has 1 atom stereocenters. The number of hydrogen-bond donors (Lipinski definition) is 0. The number of benzene rings is 1. The second kappa shape index (κ2) is 5.95. The van der Waals surface area contributed by atoms with Crippen LogP contribution in [0.25, 0.3) is 0 Å². The van der Waals surface area contributed by atoms with Crippen LogP contribution < -0.4 is 0 Å². The summed E-state index contributed by atoms with van der Waals surface area (Å²) in [6.45, 7) is 1.95. The van der Waals surface area contributed by atoms with Crippen molar-refractivity contribution >= 4 is 17.2 Å². The van der Waals surface area contributed by atoms with Gasteiger partial charge in [0, 0.05) is 25.2 Å². The van der Waals surface area contributed by atoms with Gasteiger partial charge in [-0.05, 0) is 24.6 Å². The van der Waals surface area contributed by atoms with Crippen LogP contribution in [0.4, 0.5) is 4.39 Å². The zero-order valence-electron chi connectivity index (χ0n) is 11.8. The van der Waals surface area contributed by atoms with Crippen molar-refractivity contribution in [3.05, 3.63) is 58.0 Å². The molecule has 1 aliphatic heterocycles. The van der Waals surface area contributed by atoms with Crippen LogP contribution in [0.3, 0.4) is 0 Å². The second-order valence-corrected chi connectivity index (χ2v) is 6.19. The topological polar surface area (TPSA) is 23.6 Å².